The summed E-state index contributed by atoms with van der Waals surface area (Å²) in [6.07, 6.45) is 0.917. The number of furan rings is 1. The normalized spacial score (nSPS) is 16.9. The van der Waals surface area contributed by atoms with Crippen LogP contribution in [0.5, 0.6) is 5.75 Å². The van der Waals surface area contributed by atoms with Crippen molar-refractivity contribution in [3.05, 3.63) is 52.4 Å². The van der Waals surface area contributed by atoms with Gasteiger partial charge in [-0.2, -0.15) is 0 Å². The Labute approximate surface area is 149 Å². The van der Waals surface area contributed by atoms with Gasteiger partial charge in [0.15, 0.2) is 5.76 Å². The number of ether oxygens (including phenoxy) is 1. The summed E-state index contributed by atoms with van der Waals surface area (Å²) < 4.78 is 11.3. The molecule has 0 aliphatic carbocycles. The molecule has 1 amide bonds. The lowest BCUT2D eigenvalue weighted by Gasteiger charge is -2.16. The molecular weight excluding hydrogens is 346 g/mol. The smallest absolute Gasteiger partial charge is 0.339 e. The lowest BCUT2D eigenvalue weighted by molar-refractivity contribution is 0.0692. The molecule has 1 aliphatic heterocycles. The number of carbonyl (C=O) groups excluding carboxylic acids is 1. The van der Waals surface area contributed by atoms with Crippen LogP contribution < -0.4 is 4.74 Å². The molecule has 2 aromatic rings. The van der Waals surface area contributed by atoms with E-state index in [0.29, 0.717) is 42.5 Å². The average Bonchev–Trinajstić information content (AvgIpc) is 3.23. The van der Waals surface area contributed by atoms with E-state index >= 15 is 0 Å². The Morgan fingerprint density at radius 1 is 1.40 bits per heavy atom. The molecule has 0 radical (unpaired) electrons. The van der Waals surface area contributed by atoms with Gasteiger partial charge in [-0.05, 0) is 12.1 Å². The summed E-state index contributed by atoms with van der Waals surface area (Å²) in [7, 11) is 0. The van der Waals surface area contributed by atoms with Crippen LogP contribution in [0.1, 0.15) is 40.0 Å². The molecule has 132 valence electrons. The lowest BCUT2D eigenvalue weighted by Crippen LogP contribution is -2.30. The van der Waals surface area contributed by atoms with Crippen molar-refractivity contribution in [2.75, 3.05) is 13.1 Å². The monoisotopic (exact) mass is 363 g/mol. The van der Waals surface area contributed by atoms with Gasteiger partial charge in [-0.15, -0.1) is 0 Å². The van der Waals surface area contributed by atoms with Gasteiger partial charge < -0.3 is 19.2 Å². The second-order valence-electron chi connectivity index (χ2n) is 5.82. The van der Waals surface area contributed by atoms with Crippen LogP contribution in [0.3, 0.4) is 0 Å². The van der Waals surface area contributed by atoms with Gasteiger partial charge in [0, 0.05) is 25.5 Å². The van der Waals surface area contributed by atoms with Gasteiger partial charge in [-0.1, -0.05) is 30.7 Å². The van der Waals surface area contributed by atoms with Crippen LogP contribution in [-0.2, 0) is 6.42 Å². The minimum absolute atomic E-state index is 0.0360. The second-order valence-corrected chi connectivity index (χ2v) is 6.22. The summed E-state index contributed by atoms with van der Waals surface area (Å²) in [5.41, 5.74) is 0.0360. The third-order valence-electron chi connectivity index (χ3n) is 4.13. The van der Waals surface area contributed by atoms with Crippen molar-refractivity contribution in [1.82, 2.24) is 4.90 Å². The highest BCUT2D eigenvalue weighted by Crippen LogP contribution is 2.27. The number of benzene rings is 1. The number of rotatable bonds is 5. The summed E-state index contributed by atoms with van der Waals surface area (Å²) in [5, 5.41) is 9.70. The Bertz CT molecular complexity index is 801. The Balaban J connectivity index is 1.68. The molecule has 0 saturated carbocycles. The van der Waals surface area contributed by atoms with E-state index in [0.717, 1.165) is 0 Å². The van der Waals surface area contributed by atoms with E-state index in [-0.39, 0.29) is 23.3 Å². The van der Waals surface area contributed by atoms with Crippen molar-refractivity contribution in [3.8, 4) is 5.75 Å². The highest BCUT2D eigenvalue weighted by atomic mass is 35.5. The Hall–Kier alpha value is -2.47. The first kappa shape index (κ1) is 17.4. The third-order valence-corrected chi connectivity index (χ3v) is 4.45. The predicted octanol–water partition coefficient (Wildman–Crippen LogP) is 3.49. The van der Waals surface area contributed by atoms with Crippen LogP contribution in [-0.4, -0.2) is 41.1 Å². The fraction of sp³-hybridized carbons (Fsp3) is 0.333. The summed E-state index contributed by atoms with van der Waals surface area (Å²) in [4.78, 5) is 25.4. The van der Waals surface area contributed by atoms with E-state index in [2.05, 4.69) is 0 Å². The van der Waals surface area contributed by atoms with Crippen LogP contribution in [0.15, 0.2) is 34.7 Å². The maximum atomic E-state index is 12.6. The van der Waals surface area contributed by atoms with Crippen molar-refractivity contribution in [2.45, 2.75) is 25.9 Å². The molecule has 3 rings (SSSR count). The van der Waals surface area contributed by atoms with Crippen LogP contribution >= 0.6 is 11.6 Å². The maximum absolute atomic E-state index is 12.6. The van der Waals surface area contributed by atoms with Crippen LogP contribution in [0.2, 0.25) is 5.02 Å². The van der Waals surface area contributed by atoms with Gasteiger partial charge in [0.05, 0.1) is 11.6 Å². The molecule has 1 N–H and O–H groups in total. The molecule has 0 bridgehead atoms. The largest absolute Gasteiger partial charge is 0.487 e. The van der Waals surface area contributed by atoms with E-state index in [1.165, 1.54) is 6.07 Å². The number of aryl methyl sites for hydroxylation is 1. The number of hydrogen-bond acceptors (Lipinski definition) is 4. The van der Waals surface area contributed by atoms with Crippen molar-refractivity contribution >= 4 is 23.5 Å². The predicted molar refractivity (Wildman–Crippen MR) is 91.4 cm³/mol. The fourth-order valence-corrected chi connectivity index (χ4v) is 3.04. The zero-order valence-corrected chi connectivity index (χ0v) is 14.5. The molecule has 1 unspecified atom stereocenters. The van der Waals surface area contributed by atoms with Gasteiger partial charge in [0.25, 0.3) is 5.91 Å². The average molecular weight is 364 g/mol. The molecule has 1 fully saturated rings. The molecule has 2 heterocycles. The van der Waals surface area contributed by atoms with Gasteiger partial charge in [0.2, 0.25) is 0 Å². The second kappa shape index (κ2) is 7.19. The van der Waals surface area contributed by atoms with E-state index in [4.69, 9.17) is 20.8 Å². The molecule has 6 nitrogen and oxygen atoms in total. The van der Waals surface area contributed by atoms with Crippen molar-refractivity contribution < 1.29 is 23.8 Å². The van der Waals surface area contributed by atoms with Gasteiger partial charge in [-0.3, -0.25) is 4.79 Å². The number of para-hydroxylation sites is 1. The first-order valence-electron chi connectivity index (χ1n) is 8.06. The first-order valence-corrected chi connectivity index (χ1v) is 8.43. The molecule has 1 aliphatic rings. The minimum atomic E-state index is -1.10. The number of carbonyl (C=O) groups is 2. The standard InChI is InChI=1S/C18H18ClNO5/c1-2-14-12(18(22)23)9-16(25-14)17(21)20-8-7-11(10-20)24-15-6-4-3-5-13(15)19/h3-6,9,11H,2,7-8,10H2,1H3,(H,22,23). The molecule has 0 spiro atoms. The van der Waals surface area contributed by atoms with E-state index in [9.17, 15) is 14.7 Å². The molecule has 25 heavy (non-hydrogen) atoms. The highest BCUT2D eigenvalue weighted by molar-refractivity contribution is 6.32. The van der Waals surface area contributed by atoms with Gasteiger partial charge in [-0.25, -0.2) is 4.79 Å². The molecular formula is C18H18ClNO5. The molecule has 1 saturated heterocycles. The number of nitrogens with zero attached hydrogens (tertiary/aromatic N) is 1. The Morgan fingerprint density at radius 2 is 2.16 bits per heavy atom. The highest BCUT2D eigenvalue weighted by Gasteiger charge is 2.31. The van der Waals surface area contributed by atoms with Crippen molar-refractivity contribution in [3.63, 3.8) is 0 Å². The minimum Gasteiger partial charge on any atom is -0.487 e. The maximum Gasteiger partial charge on any atom is 0.339 e. The third kappa shape index (κ3) is 3.64. The number of aromatic carboxylic acids is 1. The quantitative estimate of drug-likeness (QED) is 0.879. The molecule has 1 atom stereocenters. The lowest BCUT2D eigenvalue weighted by atomic mass is 10.2. The number of carboxylic acids is 1. The zero-order valence-electron chi connectivity index (χ0n) is 13.7. The fourth-order valence-electron chi connectivity index (χ4n) is 2.86. The molecule has 1 aromatic heterocycles. The van der Waals surface area contributed by atoms with Crippen LogP contribution in [0.4, 0.5) is 0 Å². The van der Waals surface area contributed by atoms with E-state index < -0.39 is 5.97 Å². The van der Waals surface area contributed by atoms with Crippen LogP contribution in [0, 0.1) is 0 Å². The topological polar surface area (TPSA) is 80.0 Å². The Kier molecular flexibility index (Phi) is 4.99. The number of likely N-dealkylation sites (tertiary alicyclic amines) is 1. The number of halogens is 1. The first-order chi connectivity index (χ1) is 12.0. The molecule has 7 heteroatoms. The molecule has 1 aromatic carbocycles. The van der Waals surface area contributed by atoms with Crippen molar-refractivity contribution in [1.29, 1.82) is 0 Å². The summed E-state index contributed by atoms with van der Waals surface area (Å²) in [6, 6.07) is 8.48. The van der Waals surface area contributed by atoms with Crippen molar-refractivity contribution in [2.24, 2.45) is 0 Å². The summed E-state index contributed by atoms with van der Waals surface area (Å²) in [5.74, 6) is -0.483. The van der Waals surface area contributed by atoms with E-state index in [1.807, 2.05) is 12.1 Å². The Morgan fingerprint density at radius 3 is 2.80 bits per heavy atom. The summed E-state index contributed by atoms with van der Waals surface area (Å²) >= 11 is 6.09. The SMILES string of the molecule is CCc1oc(C(=O)N2CCC(Oc3ccccc3Cl)C2)cc1C(=O)O. The summed E-state index contributed by atoms with van der Waals surface area (Å²) in [6.45, 7) is 2.69. The number of hydrogen-bond donors (Lipinski definition) is 1. The zero-order chi connectivity index (χ0) is 18.0. The van der Waals surface area contributed by atoms with Gasteiger partial charge in [0.1, 0.15) is 23.2 Å². The number of amides is 1. The van der Waals surface area contributed by atoms with Crippen LogP contribution in [0.25, 0.3) is 0 Å². The van der Waals surface area contributed by atoms with E-state index in [1.54, 1.807) is 24.0 Å². The van der Waals surface area contributed by atoms with Gasteiger partial charge >= 0.3 is 5.97 Å². The number of carboxylic acid groups (broad SMARTS) is 1.